The van der Waals surface area contributed by atoms with Gasteiger partial charge in [-0.1, -0.05) is 49.4 Å². The van der Waals surface area contributed by atoms with Gasteiger partial charge in [-0.2, -0.15) is 0 Å². The third-order valence-corrected chi connectivity index (χ3v) is 5.01. The monoisotopic (exact) mass is 439 g/mol. The van der Waals surface area contributed by atoms with Crippen molar-refractivity contribution < 1.29 is 23.9 Å². The van der Waals surface area contributed by atoms with Crippen molar-refractivity contribution in [2.75, 3.05) is 31.6 Å². The number of rotatable bonds is 10. The quantitative estimate of drug-likeness (QED) is 0.552. The number of nitrogens with zero attached hydrogens (tertiary/aromatic N) is 1. The van der Waals surface area contributed by atoms with Gasteiger partial charge in [0, 0.05) is 13.1 Å². The van der Waals surface area contributed by atoms with Crippen molar-refractivity contribution in [1.82, 2.24) is 10.2 Å². The number of nitrogens with one attached hydrogen (secondary N) is 2. The van der Waals surface area contributed by atoms with Gasteiger partial charge < -0.3 is 20.1 Å². The SMILES string of the molecule is CCCOC(=O)CC1C(=O)NCCN1CC(=O)Nc1ccccc1OCc1ccccc1. The van der Waals surface area contributed by atoms with Crippen LogP contribution in [0.1, 0.15) is 25.3 Å². The molecule has 1 heterocycles. The summed E-state index contributed by atoms with van der Waals surface area (Å²) in [6.45, 7) is 3.46. The summed E-state index contributed by atoms with van der Waals surface area (Å²) in [5.41, 5.74) is 1.57. The second-order valence-electron chi connectivity index (χ2n) is 7.52. The van der Waals surface area contributed by atoms with Gasteiger partial charge in [-0.15, -0.1) is 0 Å². The summed E-state index contributed by atoms with van der Waals surface area (Å²) in [4.78, 5) is 38.8. The zero-order chi connectivity index (χ0) is 22.8. The summed E-state index contributed by atoms with van der Waals surface area (Å²) >= 11 is 0. The van der Waals surface area contributed by atoms with E-state index in [1.54, 1.807) is 17.0 Å². The van der Waals surface area contributed by atoms with Crippen LogP contribution in [0.3, 0.4) is 0 Å². The van der Waals surface area contributed by atoms with E-state index in [0.717, 1.165) is 5.56 Å². The van der Waals surface area contributed by atoms with Crippen LogP contribution in [-0.4, -0.2) is 55.0 Å². The average molecular weight is 440 g/mol. The van der Waals surface area contributed by atoms with E-state index in [2.05, 4.69) is 10.6 Å². The maximum atomic E-state index is 12.8. The lowest BCUT2D eigenvalue weighted by Crippen LogP contribution is -2.57. The first-order valence-electron chi connectivity index (χ1n) is 10.8. The first kappa shape index (κ1) is 23.3. The molecule has 1 atom stereocenters. The van der Waals surface area contributed by atoms with E-state index < -0.39 is 12.0 Å². The molecule has 8 heteroatoms. The van der Waals surface area contributed by atoms with Gasteiger partial charge in [-0.3, -0.25) is 19.3 Å². The standard InChI is InChI=1S/C24H29N3O5/c1-2-14-31-23(29)15-20-24(30)25-12-13-27(20)16-22(28)26-19-10-6-7-11-21(19)32-17-18-8-4-3-5-9-18/h3-11,20H,2,12-17H2,1H3,(H,25,30)(H,26,28). The number of hydrogen-bond acceptors (Lipinski definition) is 6. The molecule has 1 unspecified atom stereocenters. The molecule has 0 bridgehead atoms. The minimum atomic E-state index is -0.733. The van der Waals surface area contributed by atoms with Crippen molar-refractivity contribution in [3.63, 3.8) is 0 Å². The third kappa shape index (κ3) is 6.81. The van der Waals surface area contributed by atoms with Crippen LogP contribution in [0, 0.1) is 0 Å². The van der Waals surface area contributed by atoms with Crippen LogP contribution in [0.25, 0.3) is 0 Å². The van der Waals surface area contributed by atoms with Crippen LogP contribution in [0.5, 0.6) is 5.75 Å². The summed E-state index contributed by atoms with van der Waals surface area (Å²) in [5, 5.41) is 5.61. The van der Waals surface area contributed by atoms with Gasteiger partial charge >= 0.3 is 5.97 Å². The number of anilines is 1. The Bertz CT molecular complexity index is 919. The number of carbonyl (C=O) groups excluding carboxylic acids is 3. The molecule has 2 N–H and O–H groups in total. The molecule has 32 heavy (non-hydrogen) atoms. The molecule has 1 aliphatic heterocycles. The minimum Gasteiger partial charge on any atom is -0.487 e. The fourth-order valence-corrected chi connectivity index (χ4v) is 3.41. The maximum Gasteiger partial charge on any atom is 0.307 e. The van der Waals surface area contributed by atoms with Gasteiger partial charge in [0.1, 0.15) is 18.4 Å². The van der Waals surface area contributed by atoms with Crippen LogP contribution in [0.15, 0.2) is 54.6 Å². The average Bonchev–Trinajstić information content (AvgIpc) is 2.80. The molecule has 0 aliphatic carbocycles. The number of benzene rings is 2. The van der Waals surface area contributed by atoms with Crippen molar-refractivity contribution in [2.24, 2.45) is 0 Å². The van der Waals surface area contributed by atoms with E-state index in [0.29, 0.717) is 44.2 Å². The van der Waals surface area contributed by atoms with Gasteiger partial charge in [0.15, 0.2) is 0 Å². The van der Waals surface area contributed by atoms with Crippen molar-refractivity contribution in [1.29, 1.82) is 0 Å². The van der Waals surface area contributed by atoms with Crippen molar-refractivity contribution in [3.05, 3.63) is 60.2 Å². The van der Waals surface area contributed by atoms with Gasteiger partial charge in [0.2, 0.25) is 11.8 Å². The summed E-state index contributed by atoms with van der Waals surface area (Å²) in [6.07, 6.45) is 0.621. The highest BCUT2D eigenvalue weighted by Gasteiger charge is 2.33. The highest BCUT2D eigenvalue weighted by atomic mass is 16.5. The molecule has 0 radical (unpaired) electrons. The lowest BCUT2D eigenvalue weighted by molar-refractivity contribution is -0.148. The van der Waals surface area contributed by atoms with Gasteiger partial charge in [-0.25, -0.2) is 0 Å². The Morgan fingerprint density at radius 1 is 1.12 bits per heavy atom. The molecule has 0 aromatic heterocycles. The van der Waals surface area contributed by atoms with E-state index in [4.69, 9.17) is 9.47 Å². The lowest BCUT2D eigenvalue weighted by atomic mass is 10.1. The molecular formula is C24H29N3O5. The molecule has 8 nitrogen and oxygen atoms in total. The van der Waals surface area contributed by atoms with E-state index in [1.165, 1.54) is 0 Å². The Morgan fingerprint density at radius 3 is 2.66 bits per heavy atom. The Hall–Kier alpha value is -3.39. The van der Waals surface area contributed by atoms with Crippen LogP contribution < -0.4 is 15.4 Å². The maximum absolute atomic E-state index is 12.8. The Kier molecular flexibility index (Phi) is 8.62. The normalized spacial score (nSPS) is 16.2. The number of piperazine rings is 1. The zero-order valence-corrected chi connectivity index (χ0v) is 18.2. The molecule has 2 amide bonds. The Morgan fingerprint density at radius 2 is 1.88 bits per heavy atom. The predicted molar refractivity (Wildman–Crippen MR) is 120 cm³/mol. The van der Waals surface area contributed by atoms with Crippen LogP contribution in [0.4, 0.5) is 5.69 Å². The minimum absolute atomic E-state index is 0.0217. The molecule has 1 fully saturated rings. The second-order valence-corrected chi connectivity index (χ2v) is 7.52. The third-order valence-electron chi connectivity index (χ3n) is 5.01. The molecule has 170 valence electrons. The molecule has 1 aliphatic rings. The predicted octanol–water partition coefficient (Wildman–Crippen LogP) is 2.35. The first-order chi connectivity index (χ1) is 15.6. The van der Waals surface area contributed by atoms with E-state index in [-0.39, 0.29) is 24.8 Å². The molecule has 3 rings (SSSR count). The number of hydrogen-bond donors (Lipinski definition) is 2. The molecule has 2 aromatic carbocycles. The lowest BCUT2D eigenvalue weighted by Gasteiger charge is -2.33. The van der Waals surface area contributed by atoms with Crippen LogP contribution in [-0.2, 0) is 25.7 Å². The van der Waals surface area contributed by atoms with Gasteiger partial charge in [-0.05, 0) is 24.1 Å². The van der Waals surface area contributed by atoms with Crippen LogP contribution in [0.2, 0.25) is 0 Å². The van der Waals surface area contributed by atoms with E-state index in [9.17, 15) is 14.4 Å². The number of esters is 1. The summed E-state index contributed by atoms with van der Waals surface area (Å²) in [5.74, 6) is -0.453. The number of carbonyl (C=O) groups is 3. The van der Waals surface area contributed by atoms with Gasteiger partial charge in [0.05, 0.1) is 25.3 Å². The molecular weight excluding hydrogens is 410 g/mol. The second kappa shape index (κ2) is 11.9. The van der Waals surface area contributed by atoms with Gasteiger partial charge in [0.25, 0.3) is 0 Å². The van der Waals surface area contributed by atoms with Crippen molar-refractivity contribution >= 4 is 23.5 Å². The van der Waals surface area contributed by atoms with Crippen molar-refractivity contribution in [3.8, 4) is 5.75 Å². The fraction of sp³-hybridized carbons (Fsp3) is 0.375. The van der Waals surface area contributed by atoms with Crippen molar-refractivity contribution in [2.45, 2.75) is 32.4 Å². The smallest absolute Gasteiger partial charge is 0.307 e. The summed E-state index contributed by atoms with van der Waals surface area (Å²) < 4.78 is 11.0. The van der Waals surface area contributed by atoms with Crippen LogP contribution >= 0.6 is 0 Å². The largest absolute Gasteiger partial charge is 0.487 e. The molecule has 1 saturated heterocycles. The number of para-hydroxylation sites is 2. The fourth-order valence-electron chi connectivity index (χ4n) is 3.41. The number of ether oxygens (including phenoxy) is 2. The Balaban J connectivity index is 1.60. The first-order valence-corrected chi connectivity index (χ1v) is 10.8. The highest BCUT2D eigenvalue weighted by molar-refractivity contribution is 5.94. The summed E-state index contributed by atoms with van der Waals surface area (Å²) in [6, 6.07) is 16.2. The van der Waals surface area contributed by atoms with E-state index in [1.807, 2.05) is 49.4 Å². The molecule has 0 saturated carbocycles. The Labute approximate surface area is 187 Å². The summed E-state index contributed by atoms with van der Waals surface area (Å²) in [7, 11) is 0. The topological polar surface area (TPSA) is 97.0 Å². The number of amides is 2. The molecule has 2 aromatic rings. The van der Waals surface area contributed by atoms with E-state index >= 15 is 0 Å². The molecule has 0 spiro atoms. The zero-order valence-electron chi connectivity index (χ0n) is 18.2. The highest BCUT2D eigenvalue weighted by Crippen LogP contribution is 2.25.